The third-order valence-electron chi connectivity index (χ3n) is 3.49. The summed E-state index contributed by atoms with van der Waals surface area (Å²) in [4.78, 5) is 15.3. The predicted molar refractivity (Wildman–Crippen MR) is 96.9 cm³/mol. The van der Waals surface area contributed by atoms with Gasteiger partial charge in [-0.2, -0.15) is 0 Å². The SMILES string of the molecule is CCOc1ccc(OCC(=O)NCC(c2cccs2)N(C)C)cc1. The number of hydrogen-bond donors (Lipinski definition) is 1. The Hall–Kier alpha value is -2.05. The van der Waals surface area contributed by atoms with Crippen LogP contribution in [0.3, 0.4) is 0 Å². The first-order valence-corrected chi connectivity index (χ1v) is 8.80. The fraction of sp³-hybridized carbons (Fsp3) is 0.389. The van der Waals surface area contributed by atoms with Crippen molar-refractivity contribution in [3.63, 3.8) is 0 Å². The Morgan fingerprint density at radius 3 is 2.38 bits per heavy atom. The van der Waals surface area contributed by atoms with E-state index in [0.29, 0.717) is 18.9 Å². The second-order valence-corrected chi connectivity index (χ2v) is 6.47. The minimum atomic E-state index is -0.132. The van der Waals surface area contributed by atoms with Gasteiger partial charge < -0.3 is 19.7 Å². The molecule has 1 atom stereocenters. The second-order valence-electron chi connectivity index (χ2n) is 5.49. The maximum Gasteiger partial charge on any atom is 0.258 e. The molecule has 0 aliphatic rings. The van der Waals surface area contributed by atoms with Crippen LogP contribution < -0.4 is 14.8 Å². The molecular formula is C18H24N2O3S. The molecule has 1 N–H and O–H groups in total. The van der Waals surface area contributed by atoms with E-state index < -0.39 is 0 Å². The highest BCUT2D eigenvalue weighted by atomic mass is 32.1. The molecule has 6 heteroatoms. The van der Waals surface area contributed by atoms with Crippen molar-refractivity contribution in [2.75, 3.05) is 33.9 Å². The quantitative estimate of drug-likeness (QED) is 0.757. The molecule has 1 aromatic heterocycles. The van der Waals surface area contributed by atoms with Gasteiger partial charge in [0.25, 0.3) is 5.91 Å². The van der Waals surface area contributed by atoms with Crippen molar-refractivity contribution >= 4 is 17.2 Å². The van der Waals surface area contributed by atoms with Gasteiger partial charge >= 0.3 is 0 Å². The molecule has 2 aromatic rings. The predicted octanol–water partition coefficient (Wildman–Crippen LogP) is 2.94. The van der Waals surface area contributed by atoms with Crippen molar-refractivity contribution in [1.82, 2.24) is 10.2 Å². The maximum absolute atomic E-state index is 12.0. The molecule has 0 saturated heterocycles. The largest absolute Gasteiger partial charge is 0.494 e. The zero-order valence-electron chi connectivity index (χ0n) is 14.3. The number of nitrogens with one attached hydrogen (secondary N) is 1. The van der Waals surface area contributed by atoms with Crippen LogP contribution in [0, 0.1) is 0 Å². The Balaban J connectivity index is 1.78. The first kappa shape index (κ1) is 18.3. The lowest BCUT2D eigenvalue weighted by molar-refractivity contribution is -0.123. The van der Waals surface area contributed by atoms with Crippen molar-refractivity contribution in [2.45, 2.75) is 13.0 Å². The Bertz CT molecular complexity index is 612. The Kier molecular flexibility index (Phi) is 7.08. The molecule has 0 aliphatic carbocycles. The molecule has 0 radical (unpaired) electrons. The lowest BCUT2D eigenvalue weighted by Gasteiger charge is -2.23. The van der Waals surface area contributed by atoms with Gasteiger partial charge in [-0.05, 0) is 56.7 Å². The third-order valence-corrected chi connectivity index (χ3v) is 4.47. The van der Waals surface area contributed by atoms with Crippen LogP contribution in [0.15, 0.2) is 41.8 Å². The summed E-state index contributed by atoms with van der Waals surface area (Å²) in [6.07, 6.45) is 0. The Morgan fingerprint density at radius 1 is 1.17 bits per heavy atom. The van der Waals surface area contributed by atoms with Gasteiger partial charge in [0, 0.05) is 11.4 Å². The molecule has 2 rings (SSSR count). The van der Waals surface area contributed by atoms with Crippen molar-refractivity contribution < 1.29 is 14.3 Å². The van der Waals surface area contributed by atoms with Gasteiger partial charge in [-0.3, -0.25) is 4.79 Å². The van der Waals surface area contributed by atoms with Crippen LogP contribution in [0.4, 0.5) is 0 Å². The first-order valence-electron chi connectivity index (χ1n) is 7.92. The zero-order chi connectivity index (χ0) is 17.4. The summed E-state index contributed by atoms with van der Waals surface area (Å²) < 4.78 is 10.9. The number of nitrogens with zero attached hydrogens (tertiary/aromatic N) is 1. The van der Waals surface area contributed by atoms with E-state index in [1.807, 2.05) is 44.6 Å². The van der Waals surface area contributed by atoms with Crippen molar-refractivity contribution in [1.29, 1.82) is 0 Å². The summed E-state index contributed by atoms with van der Waals surface area (Å²) in [6, 6.07) is 11.5. The van der Waals surface area contributed by atoms with E-state index in [9.17, 15) is 4.79 Å². The first-order chi connectivity index (χ1) is 11.6. The molecule has 1 unspecified atom stereocenters. The highest BCUT2D eigenvalue weighted by molar-refractivity contribution is 7.10. The summed E-state index contributed by atoms with van der Waals surface area (Å²) in [5.41, 5.74) is 0. The summed E-state index contributed by atoms with van der Waals surface area (Å²) in [5.74, 6) is 1.31. The molecule has 5 nitrogen and oxygen atoms in total. The lowest BCUT2D eigenvalue weighted by Crippen LogP contribution is -2.36. The van der Waals surface area contributed by atoms with Crippen LogP contribution in [-0.2, 0) is 4.79 Å². The number of benzene rings is 1. The van der Waals surface area contributed by atoms with Gasteiger partial charge in [0.2, 0.25) is 0 Å². The van der Waals surface area contributed by atoms with Crippen LogP contribution in [0.5, 0.6) is 11.5 Å². The second kappa shape index (κ2) is 9.30. The van der Waals surface area contributed by atoms with Gasteiger partial charge in [-0.1, -0.05) is 6.07 Å². The third kappa shape index (κ3) is 5.54. The number of hydrogen-bond acceptors (Lipinski definition) is 5. The Labute approximate surface area is 147 Å². The van der Waals surface area contributed by atoms with Crippen LogP contribution in [0.1, 0.15) is 17.8 Å². The minimum absolute atomic E-state index is 0.00142. The van der Waals surface area contributed by atoms with Crippen molar-refractivity contribution in [3.05, 3.63) is 46.7 Å². The average molecular weight is 348 g/mol. The number of thiophene rings is 1. The molecule has 0 spiro atoms. The van der Waals surface area contributed by atoms with Gasteiger partial charge in [0.1, 0.15) is 11.5 Å². The van der Waals surface area contributed by atoms with Crippen molar-refractivity contribution in [2.24, 2.45) is 0 Å². The lowest BCUT2D eigenvalue weighted by atomic mass is 10.2. The van der Waals surface area contributed by atoms with Crippen LogP contribution in [0.25, 0.3) is 0 Å². The standard InChI is InChI=1S/C18H24N2O3S/c1-4-22-14-7-9-15(10-8-14)23-13-18(21)19-12-16(20(2)3)17-6-5-11-24-17/h5-11,16H,4,12-13H2,1-3H3,(H,19,21). The van der Waals surface area contributed by atoms with Crippen LogP contribution >= 0.6 is 11.3 Å². The molecule has 24 heavy (non-hydrogen) atoms. The van der Waals surface area contributed by atoms with Crippen LogP contribution in [-0.4, -0.2) is 44.7 Å². The fourth-order valence-corrected chi connectivity index (χ4v) is 3.15. The normalized spacial score (nSPS) is 12.0. The van der Waals surface area contributed by atoms with E-state index in [2.05, 4.69) is 16.3 Å². The Morgan fingerprint density at radius 2 is 1.83 bits per heavy atom. The zero-order valence-corrected chi connectivity index (χ0v) is 15.1. The van der Waals surface area contributed by atoms with E-state index in [0.717, 1.165) is 5.75 Å². The van der Waals surface area contributed by atoms with Gasteiger partial charge in [0.05, 0.1) is 12.6 Å². The number of likely N-dealkylation sites (N-methyl/N-ethyl adjacent to an activating group) is 1. The number of carbonyl (C=O) groups excluding carboxylic acids is 1. The average Bonchev–Trinajstić information content (AvgIpc) is 3.08. The van der Waals surface area contributed by atoms with Crippen molar-refractivity contribution in [3.8, 4) is 11.5 Å². The molecule has 0 saturated carbocycles. The molecule has 1 heterocycles. The highest BCUT2D eigenvalue weighted by Crippen LogP contribution is 2.22. The number of ether oxygens (including phenoxy) is 2. The van der Waals surface area contributed by atoms with E-state index in [4.69, 9.17) is 9.47 Å². The highest BCUT2D eigenvalue weighted by Gasteiger charge is 2.16. The van der Waals surface area contributed by atoms with E-state index in [-0.39, 0.29) is 18.6 Å². The van der Waals surface area contributed by atoms with Crippen LogP contribution in [0.2, 0.25) is 0 Å². The smallest absolute Gasteiger partial charge is 0.258 e. The van der Waals surface area contributed by atoms with E-state index >= 15 is 0 Å². The monoisotopic (exact) mass is 348 g/mol. The topological polar surface area (TPSA) is 50.8 Å². The number of rotatable bonds is 9. The van der Waals surface area contributed by atoms with E-state index in [1.54, 1.807) is 23.5 Å². The summed E-state index contributed by atoms with van der Waals surface area (Å²) >= 11 is 1.69. The molecule has 0 bridgehead atoms. The number of amides is 1. The summed E-state index contributed by atoms with van der Waals surface area (Å²) in [7, 11) is 4.01. The number of carbonyl (C=O) groups is 1. The molecule has 0 aliphatic heterocycles. The summed E-state index contributed by atoms with van der Waals surface area (Å²) in [5, 5.41) is 4.98. The minimum Gasteiger partial charge on any atom is -0.494 e. The van der Waals surface area contributed by atoms with Gasteiger partial charge in [-0.25, -0.2) is 0 Å². The molecule has 1 aromatic carbocycles. The summed E-state index contributed by atoms with van der Waals surface area (Å²) in [6.45, 7) is 3.11. The van der Waals surface area contributed by atoms with Gasteiger partial charge in [0.15, 0.2) is 6.61 Å². The molecule has 1 amide bonds. The molecule has 0 fully saturated rings. The van der Waals surface area contributed by atoms with E-state index in [1.165, 1.54) is 4.88 Å². The molecular weight excluding hydrogens is 324 g/mol. The maximum atomic E-state index is 12.0. The fourth-order valence-electron chi connectivity index (χ4n) is 2.23. The molecule has 130 valence electrons. The van der Waals surface area contributed by atoms with Gasteiger partial charge in [-0.15, -0.1) is 11.3 Å².